The van der Waals surface area contributed by atoms with Gasteiger partial charge >= 0.3 is 0 Å². The largest absolute Gasteiger partial charge is 0.288 e. The summed E-state index contributed by atoms with van der Waals surface area (Å²) in [4.78, 5) is 20.7. The normalized spacial score (nSPS) is 11.8. The van der Waals surface area contributed by atoms with Crippen molar-refractivity contribution in [2.75, 3.05) is 0 Å². The van der Waals surface area contributed by atoms with Crippen LogP contribution in [0.3, 0.4) is 0 Å². The van der Waals surface area contributed by atoms with Crippen LogP contribution in [0.2, 0.25) is 5.02 Å². The Kier molecular flexibility index (Phi) is 4.74. The summed E-state index contributed by atoms with van der Waals surface area (Å²) in [5.74, 6) is -0.442. The van der Waals surface area contributed by atoms with Crippen molar-refractivity contribution < 1.29 is 4.79 Å². The van der Waals surface area contributed by atoms with Crippen molar-refractivity contribution in [1.29, 1.82) is 15.8 Å². The van der Waals surface area contributed by atoms with Crippen LogP contribution in [0.5, 0.6) is 0 Å². The summed E-state index contributed by atoms with van der Waals surface area (Å²) in [5, 5.41) is 28.7. The molecule has 2 heterocycles. The van der Waals surface area contributed by atoms with Crippen molar-refractivity contribution in [2.45, 2.75) is 10.1 Å². The topological polar surface area (TPSA) is 114 Å². The summed E-state index contributed by atoms with van der Waals surface area (Å²) >= 11 is 7.97. The van der Waals surface area contributed by atoms with Crippen molar-refractivity contribution in [3.63, 3.8) is 0 Å². The molecule has 118 valence electrons. The number of carbonyl (C=O) groups excluding carboxylic acids is 1. The Morgan fingerprint density at radius 3 is 1.92 bits per heavy atom. The maximum absolute atomic E-state index is 12.6. The molecule has 0 spiro atoms. The molecule has 0 unspecified atom stereocenters. The van der Waals surface area contributed by atoms with Crippen LogP contribution in [-0.2, 0) is 0 Å². The highest BCUT2D eigenvalue weighted by Crippen LogP contribution is 2.50. The van der Waals surface area contributed by atoms with E-state index in [9.17, 15) is 10.1 Å². The highest BCUT2D eigenvalue weighted by molar-refractivity contribution is 8.24. The van der Waals surface area contributed by atoms with Crippen molar-refractivity contribution in [3.05, 3.63) is 56.0 Å². The van der Waals surface area contributed by atoms with E-state index in [4.69, 9.17) is 22.1 Å². The second kappa shape index (κ2) is 6.96. The number of benzene rings is 1. The average molecular weight is 382 g/mol. The number of thioether (sulfide) groups is 2. The standard InChI is InChI=1S/C16H4ClN5OS2/c17-9-3-1-8(2-4-9)13(23)10(5-18)16-24-14-15(25-16)22-12(7-20)11(6-19)21-14/h1-4H. The number of hydrogen-bond donors (Lipinski definition) is 0. The van der Waals surface area contributed by atoms with Gasteiger partial charge in [-0.3, -0.25) is 4.79 Å². The molecule has 0 bridgehead atoms. The Bertz CT molecular complexity index is 1010. The van der Waals surface area contributed by atoms with Gasteiger partial charge in [0.25, 0.3) is 0 Å². The van der Waals surface area contributed by atoms with E-state index in [2.05, 4.69) is 9.97 Å². The second-order valence-corrected chi connectivity index (χ2v) is 7.26. The zero-order valence-corrected chi connectivity index (χ0v) is 14.5. The highest BCUT2D eigenvalue weighted by Gasteiger charge is 2.29. The van der Waals surface area contributed by atoms with Crippen molar-refractivity contribution >= 4 is 40.9 Å². The van der Waals surface area contributed by atoms with Crippen LogP contribution in [-0.4, -0.2) is 15.8 Å². The molecule has 1 aliphatic heterocycles. The fourth-order valence-corrected chi connectivity index (χ4v) is 4.31. The molecule has 1 aliphatic rings. The van der Waals surface area contributed by atoms with E-state index >= 15 is 0 Å². The van der Waals surface area contributed by atoms with Gasteiger partial charge < -0.3 is 0 Å². The first-order valence-corrected chi connectivity index (χ1v) is 8.61. The van der Waals surface area contributed by atoms with Gasteiger partial charge in [-0.05, 0) is 24.3 Å². The molecule has 9 heteroatoms. The summed E-state index contributed by atoms with van der Waals surface area (Å²) < 4.78 is 0.413. The molecule has 2 aromatic rings. The quantitative estimate of drug-likeness (QED) is 0.439. The Balaban J connectivity index is 2.01. The van der Waals surface area contributed by atoms with E-state index in [-0.39, 0.29) is 17.0 Å². The van der Waals surface area contributed by atoms with E-state index in [0.29, 0.717) is 24.9 Å². The fraction of sp³-hybridized carbons (Fsp3) is 0. The van der Waals surface area contributed by atoms with E-state index in [1.54, 1.807) is 12.1 Å². The molecule has 6 nitrogen and oxygen atoms in total. The second-order valence-electron chi connectivity index (χ2n) is 4.57. The number of nitriles is 3. The molecule has 3 rings (SSSR count). The van der Waals surface area contributed by atoms with Crippen LogP contribution in [0.15, 0.2) is 44.1 Å². The van der Waals surface area contributed by atoms with Crippen LogP contribution >= 0.6 is 35.1 Å². The summed E-state index contributed by atoms with van der Waals surface area (Å²) in [5.41, 5.74) is 0.118. The third-order valence-corrected chi connectivity index (χ3v) is 5.69. The van der Waals surface area contributed by atoms with Crippen LogP contribution in [0, 0.1) is 34.0 Å². The summed E-state index contributed by atoms with van der Waals surface area (Å²) in [6.07, 6.45) is 0. The number of nitrogens with zero attached hydrogens (tertiary/aromatic N) is 5. The van der Waals surface area contributed by atoms with Gasteiger partial charge in [0.05, 0.1) is 4.24 Å². The predicted octanol–water partition coefficient (Wildman–Crippen LogP) is 3.69. The highest BCUT2D eigenvalue weighted by atomic mass is 35.5. The van der Waals surface area contributed by atoms with Crippen LogP contribution in [0.1, 0.15) is 21.7 Å². The first-order chi connectivity index (χ1) is 12.1. The molecular weight excluding hydrogens is 378 g/mol. The van der Waals surface area contributed by atoms with Gasteiger partial charge in [0.1, 0.15) is 33.8 Å². The third-order valence-electron chi connectivity index (χ3n) is 3.07. The molecule has 0 aliphatic carbocycles. The molecule has 1 aromatic carbocycles. The van der Waals surface area contributed by atoms with Gasteiger partial charge in [0.2, 0.25) is 5.78 Å². The summed E-state index contributed by atoms with van der Waals surface area (Å²) in [6.45, 7) is 0. The number of aromatic nitrogens is 2. The van der Waals surface area contributed by atoms with E-state index in [0.717, 1.165) is 23.5 Å². The summed E-state index contributed by atoms with van der Waals surface area (Å²) in [7, 11) is 0. The first-order valence-electron chi connectivity index (χ1n) is 6.60. The molecule has 0 saturated heterocycles. The monoisotopic (exact) mass is 381 g/mol. The third kappa shape index (κ3) is 3.22. The molecule has 1 aromatic heterocycles. The molecular formula is C16H4ClN5OS2. The number of Topliss-reactive ketones (excluding diaryl/α,β-unsaturated/α-hetero) is 1. The first kappa shape index (κ1) is 17.0. The van der Waals surface area contributed by atoms with E-state index in [1.807, 2.05) is 18.2 Å². The Morgan fingerprint density at radius 1 is 0.960 bits per heavy atom. The smallest absolute Gasteiger partial charge is 0.205 e. The Labute approximate surface area is 155 Å². The molecule has 25 heavy (non-hydrogen) atoms. The zero-order chi connectivity index (χ0) is 18.0. The van der Waals surface area contributed by atoms with Gasteiger partial charge in [-0.1, -0.05) is 35.1 Å². The minimum Gasteiger partial charge on any atom is -0.288 e. The lowest BCUT2D eigenvalue weighted by molar-refractivity contribution is 0.103. The van der Waals surface area contributed by atoms with Gasteiger partial charge in [-0.15, -0.1) is 0 Å². The lowest BCUT2D eigenvalue weighted by Crippen LogP contribution is -2.02. The number of carbonyl (C=O) groups is 1. The molecule has 0 saturated carbocycles. The van der Waals surface area contributed by atoms with Crippen molar-refractivity contribution in [2.24, 2.45) is 0 Å². The number of hydrogen-bond acceptors (Lipinski definition) is 8. The Morgan fingerprint density at radius 2 is 1.48 bits per heavy atom. The SMILES string of the molecule is N#CC(C(=O)c1ccc(Cl)cc1)=C1Sc2nc(C#N)c(C#N)nc2S1. The number of allylic oxidation sites excluding steroid dienone is 1. The number of fused-ring (bicyclic) bond motifs is 1. The zero-order valence-electron chi connectivity index (χ0n) is 12.1. The van der Waals surface area contributed by atoms with Crippen LogP contribution in [0.25, 0.3) is 0 Å². The van der Waals surface area contributed by atoms with Crippen molar-refractivity contribution in [3.8, 4) is 18.2 Å². The molecule has 0 atom stereocenters. The fourth-order valence-electron chi connectivity index (χ4n) is 1.93. The number of ketones is 1. The van der Waals surface area contributed by atoms with Crippen molar-refractivity contribution in [1.82, 2.24) is 9.97 Å². The minimum atomic E-state index is -0.442. The van der Waals surface area contributed by atoms with Gasteiger partial charge in [0, 0.05) is 10.6 Å². The van der Waals surface area contributed by atoms with Gasteiger partial charge in [-0.2, -0.15) is 15.8 Å². The number of halogens is 1. The molecule has 0 fully saturated rings. The van der Waals surface area contributed by atoms with E-state index in [1.165, 1.54) is 12.1 Å². The van der Waals surface area contributed by atoms with Crippen LogP contribution < -0.4 is 0 Å². The minimum absolute atomic E-state index is 0.0471. The predicted molar refractivity (Wildman–Crippen MR) is 91.6 cm³/mol. The lowest BCUT2D eigenvalue weighted by Gasteiger charge is -2.02. The van der Waals surface area contributed by atoms with Gasteiger partial charge in [0.15, 0.2) is 11.4 Å². The van der Waals surface area contributed by atoms with Gasteiger partial charge in [-0.25, -0.2) is 9.97 Å². The molecule has 0 N–H and O–H groups in total. The number of rotatable bonds is 2. The summed E-state index contributed by atoms with van der Waals surface area (Å²) in [6, 6.07) is 11.8. The maximum Gasteiger partial charge on any atom is 0.205 e. The van der Waals surface area contributed by atoms with E-state index < -0.39 is 5.78 Å². The lowest BCUT2D eigenvalue weighted by atomic mass is 10.1. The Hall–Kier alpha value is -2.83. The van der Waals surface area contributed by atoms with Crippen LogP contribution in [0.4, 0.5) is 0 Å². The molecule has 0 amide bonds. The average Bonchev–Trinajstić information content (AvgIpc) is 3.03. The molecule has 0 radical (unpaired) electrons. The maximum atomic E-state index is 12.6.